The van der Waals surface area contributed by atoms with Crippen LogP contribution < -0.4 is 43.4 Å². The van der Waals surface area contributed by atoms with Crippen LogP contribution in [0.25, 0.3) is 0 Å². The zero-order chi connectivity index (χ0) is 45.1. The van der Waals surface area contributed by atoms with Crippen LogP contribution in [-0.4, -0.2) is 119 Å². The normalized spacial score (nSPS) is 22.1. The maximum absolute atomic E-state index is 14.2. The molecule has 0 radical (unpaired) electrons. The van der Waals surface area contributed by atoms with Crippen LogP contribution in [0.5, 0.6) is 5.75 Å². The van der Waals surface area contributed by atoms with E-state index in [1.165, 1.54) is 31.0 Å². The van der Waals surface area contributed by atoms with E-state index in [-0.39, 0.29) is 63.3 Å². The minimum Gasteiger partial charge on any atom is -0.508 e. The number of aromatic hydroxyl groups is 1. The number of carbonyl (C=O) groups excluding carboxylic acids is 6. The van der Waals surface area contributed by atoms with Gasteiger partial charge in [-0.25, -0.2) is 9.59 Å². The van der Waals surface area contributed by atoms with Crippen molar-refractivity contribution >= 4 is 47.5 Å². The maximum Gasteiger partial charge on any atom is 0.326 e. The number of nitrogens with zero attached hydrogens (tertiary/aromatic N) is 2. The van der Waals surface area contributed by atoms with Gasteiger partial charge in [-0.05, 0) is 81.0 Å². The van der Waals surface area contributed by atoms with Crippen molar-refractivity contribution in [1.82, 2.24) is 36.8 Å². The number of nitrogens with two attached hydrogens (primary N) is 2. The summed E-state index contributed by atoms with van der Waals surface area (Å²) in [6.45, 7) is 5.36. The molecule has 0 spiro atoms. The van der Waals surface area contributed by atoms with Gasteiger partial charge < -0.3 is 58.5 Å². The molecule has 1 aliphatic heterocycles. The fraction of sp³-hybridized carbons (Fsp3) is 0.524. The lowest BCUT2D eigenvalue weighted by molar-refractivity contribution is -0.142. The van der Waals surface area contributed by atoms with Crippen LogP contribution in [0.4, 0.5) is 4.79 Å². The molecule has 0 unspecified atom stereocenters. The van der Waals surface area contributed by atoms with E-state index in [0.717, 1.165) is 11.1 Å². The van der Waals surface area contributed by atoms with Crippen LogP contribution in [0.15, 0.2) is 59.6 Å². The Kier molecular flexibility index (Phi) is 19.8. The second-order valence-corrected chi connectivity index (χ2v) is 15.3. The minimum atomic E-state index is -1.34. The van der Waals surface area contributed by atoms with Gasteiger partial charge in [0.15, 0.2) is 5.96 Å². The molecule has 1 saturated heterocycles. The topological polar surface area (TPSA) is 300 Å². The van der Waals surface area contributed by atoms with Gasteiger partial charge in [0.1, 0.15) is 42.0 Å². The van der Waals surface area contributed by atoms with Crippen molar-refractivity contribution in [2.45, 2.75) is 115 Å². The third-order valence-corrected chi connectivity index (χ3v) is 10.7. The Balaban J connectivity index is 1.97. The first-order valence-electron chi connectivity index (χ1n) is 20.6. The van der Waals surface area contributed by atoms with Crippen LogP contribution in [0.2, 0.25) is 0 Å². The molecule has 0 saturated carbocycles. The van der Waals surface area contributed by atoms with Gasteiger partial charge in [-0.3, -0.25) is 29.0 Å². The molecule has 61 heavy (non-hydrogen) atoms. The van der Waals surface area contributed by atoms with Gasteiger partial charge in [-0.1, -0.05) is 62.7 Å². The van der Waals surface area contributed by atoms with Gasteiger partial charge in [0.05, 0.1) is 0 Å². The summed E-state index contributed by atoms with van der Waals surface area (Å²) in [6, 6.07) is 7.46. The van der Waals surface area contributed by atoms with Crippen molar-refractivity contribution in [3.8, 4) is 5.75 Å². The van der Waals surface area contributed by atoms with Gasteiger partial charge in [0.25, 0.3) is 0 Å². The summed E-state index contributed by atoms with van der Waals surface area (Å²) in [6.07, 6.45) is 1.85. The number of benzene rings is 2. The zero-order valence-electron chi connectivity index (χ0n) is 35.3. The molecule has 7 atom stereocenters. The fourth-order valence-electron chi connectivity index (χ4n) is 6.61. The van der Waals surface area contributed by atoms with E-state index in [9.17, 15) is 43.8 Å². The molecule has 1 heterocycles. The Labute approximate surface area is 356 Å². The molecular weight excluding hydrogens is 789 g/mol. The number of urea groups is 1. The summed E-state index contributed by atoms with van der Waals surface area (Å²) in [4.78, 5) is 100. The van der Waals surface area contributed by atoms with Crippen molar-refractivity contribution in [3.05, 3.63) is 65.7 Å². The number of carbonyl (C=O) groups is 7. The molecule has 2 aromatic rings. The van der Waals surface area contributed by atoms with Gasteiger partial charge in [-0.2, -0.15) is 0 Å². The summed E-state index contributed by atoms with van der Waals surface area (Å²) in [5.41, 5.74) is 12.2. The van der Waals surface area contributed by atoms with E-state index >= 15 is 0 Å². The second-order valence-electron chi connectivity index (χ2n) is 15.3. The number of phenols is 1. The summed E-state index contributed by atoms with van der Waals surface area (Å²) in [5, 5.41) is 35.7. The lowest BCUT2D eigenvalue weighted by Crippen LogP contribution is -2.60. The molecule has 334 valence electrons. The molecule has 1 fully saturated rings. The number of carboxylic acids is 1. The number of likely N-dealkylation sites (N-methyl/N-ethyl adjacent to an activating group) is 1. The number of carboxylic acid groups (broad SMARTS) is 1. The molecule has 19 nitrogen and oxygen atoms in total. The zero-order valence-corrected chi connectivity index (χ0v) is 35.3. The van der Waals surface area contributed by atoms with Crippen LogP contribution in [0.1, 0.15) is 76.8 Å². The smallest absolute Gasteiger partial charge is 0.326 e. The van der Waals surface area contributed by atoms with Gasteiger partial charge in [-0.15, -0.1) is 0 Å². The molecular formula is C42H62N10O9. The molecule has 3 rings (SSSR count). The molecule has 0 aliphatic carbocycles. The first-order chi connectivity index (χ1) is 29.0. The van der Waals surface area contributed by atoms with Crippen LogP contribution in [0.3, 0.4) is 0 Å². The number of hydrogen-bond acceptors (Lipinski definition) is 9. The first kappa shape index (κ1) is 49.0. The highest BCUT2D eigenvalue weighted by Crippen LogP contribution is 2.16. The number of guanidine groups is 1. The predicted molar refractivity (Wildman–Crippen MR) is 228 cm³/mol. The summed E-state index contributed by atoms with van der Waals surface area (Å²) in [7, 11) is 1.43. The Morgan fingerprint density at radius 2 is 1.57 bits per heavy atom. The van der Waals surface area contributed by atoms with Crippen molar-refractivity contribution in [2.24, 2.45) is 22.4 Å². The Morgan fingerprint density at radius 3 is 2.21 bits per heavy atom. The average Bonchev–Trinajstić information content (AvgIpc) is 3.23. The van der Waals surface area contributed by atoms with E-state index in [2.05, 4.69) is 36.9 Å². The van der Waals surface area contributed by atoms with Gasteiger partial charge in [0.2, 0.25) is 29.5 Å². The standard InChI is InChI=1S/C42H62N10O9/c1-5-25(2)34-38(57)47-31(21-18-27-16-19-29(53)20-17-27)39(58)52(4)26(3)35(54)48-33(24-28-12-7-6-8-13-28)36(55)45-22-10-9-14-30(37(56)51-34)49-42(61)50-32(40(59)60)15-11-23-46-41(43)44/h6-8,12-13,16-17,19-20,25-26,30-34,53H,5,9-11,14-15,18,21-24H2,1-4H3,(H,45,55)(H,47,57)(H,48,54)(H,51,56)(H,59,60)(H4,43,44,46)(H2,49,50,61)/t25-,26-,30+,31-,32-,33-,34-/m0/s1. The number of amides is 7. The van der Waals surface area contributed by atoms with Gasteiger partial charge >= 0.3 is 12.0 Å². The monoisotopic (exact) mass is 850 g/mol. The SMILES string of the molecule is CC[C@H](C)[C@@H]1NC(=O)[C@H](NC(=O)N[C@@H](CCCN=C(N)N)C(=O)O)CCCCNC(=O)[C@H](Cc2ccccc2)NC(=O)[C@H](C)N(C)C(=O)[C@H](CCc2ccc(O)cc2)NC1=O. The second kappa shape index (κ2) is 24.6. The predicted octanol–water partition coefficient (Wildman–Crippen LogP) is 0.390. The number of nitrogens with one attached hydrogen (secondary N) is 6. The Hall–Kier alpha value is -6.40. The van der Waals surface area contributed by atoms with Crippen molar-refractivity contribution < 1.29 is 43.8 Å². The highest BCUT2D eigenvalue weighted by molar-refractivity contribution is 5.96. The number of aliphatic carboxylic acids is 1. The van der Waals surface area contributed by atoms with Crippen LogP contribution >= 0.6 is 0 Å². The summed E-state index contributed by atoms with van der Waals surface area (Å²) < 4.78 is 0. The van der Waals surface area contributed by atoms with Crippen molar-refractivity contribution in [1.29, 1.82) is 0 Å². The summed E-state index contributed by atoms with van der Waals surface area (Å²) >= 11 is 0. The van der Waals surface area contributed by atoms with Crippen molar-refractivity contribution in [3.63, 3.8) is 0 Å². The third-order valence-electron chi connectivity index (χ3n) is 10.7. The lowest BCUT2D eigenvalue weighted by atomic mass is 9.96. The number of rotatable bonds is 14. The average molecular weight is 851 g/mol. The quantitative estimate of drug-likeness (QED) is 0.0705. The van der Waals surface area contributed by atoms with E-state index < -0.39 is 83.7 Å². The molecule has 12 N–H and O–H groups in total. The lowest BCUT2D eigenvalue weighted by Gasteiger charge is -2.32. The molecule has 0 aromatic heterocycles. The Bertz CT molecular complexity index is 1820. The third kappa shape index (κ3) is 16.3. The van der Waals surface area contributed by atoms with E-state index in [1.807, 2.05) is 37.3 Å². The number of phenolic OH excluding ortho intramolecular Hbond substituents is 1. The molecule has 0 bridgehead atoms. The van der Waals surface area contributed by atoms with E-state index in [1.54, 1.807) is 19.1 Å². The molecule has 7 amide bonds. The molecule has 19 heteroatoms. The number of hydrogen-bond donors (Lipinski definition) is 10. The van der Waals surface area contributed by atoms with Crippen LogP contribution in [-0.2, 0) is 41.6 Å². The highest BCUT2D eigenvalue weighted by atomic mass is 16.4. The molecule has 1 aliphatic rings. The van der Waals surface area contributed by atoms with E-state index in [4.69, 9.17) is 11.5 Å². The van der Waals surface area contributed by atoms with Crippen molar-refractivity contribution in [2.75, 3.05) is 20.1 Å². The Morgan fingerprint density at radius 1 is 0.902 bits per heavy atom. The fourth-order valence-corrected chi connectivity index (χ4v) is 6.61. The highest BCUT2D eigenvalue weighted by Gasteiger charge is 2.36. The van der Waals surface area contributed by atoms with Crippen LogP contribution in [0, 0.1) is 5.92 Å². The largest absolute Gasteiger partial charge is 0.508 e. The summed E-state index contributed by atoms with van der Waals surface area (Å²) in [5.74, 6) is -4.96. The number of aliphatic imine (C=N–C) groups is 1. The maximum atomic E-state index is 14.2. The van der Waals surface area contributed by atoms with Gasteiger partial charge in [0, 0.05) is 26.6 Å². The minimum absolute atomic E-state index is 0.0152. The molecule has 2 aromatic carbocycles. The van der Waals surface area contributed by atoms with E-state index in [0.29, 0.717) is 19.3 Å². The number of aryl methyl sites for hydroxylation is 1. The first-order valence-corrected chi connectivity index (χ1v) is 20.6.